The van der Waals surface area contributed by atoms with Crippen LogP contribution < -0.4 is 25.6 Å². The van der Waals surface area contributed by atoms with Crippen molar-refractivity contribution in [1.29, 1.82) is 0 Å². The number of phenolic OH excluding ortho intramolecular Hbond substituents is 3. The Morgan fingerprint density at radius 3 is 2.43 bits per heavy atom. The summed E-state index contributed by atoms with van der Waals surface area (Å²) in [5.41, 5.74) is -0.918. The number of aromatic nitrogens is 1. The number of aromatic amines is 1. The van der Waals surface area contributed by atoms with Gasteiger partial charge in [-0.05, 0) is 64.8 Å². The fourth-order valence-electron chi connectivity index (χ4n) is 7.02. The van der Waals surface area contributed by atoms with Gasteiger partial charge in [-0.15, -0.1) is 0 Å². The second-order valence-electron chi connectivity index (χ2n) is 13.5. The van der Waals surface area contributed by atoms with Crippen LogP contribution in [0.5, 0.6) is 28.7 Å². The zero-order chi connectivity index (χ0) is 33.2. The molecule has 11 nitrogen and oxygen atoms in total. The van der Waals surface area contributed by atoms with E-state index < -0.39 is 34.2 Å². The molecule has 0 fully saturated rings. The average Bonchev–Trinajstić information content (AvgIpc) is 3.00. The lowest BCUT2D eigenvalue weighted by Crippen LogP contribution is -2.51. The third kappa shape index (κ3) is 4.15. The van der Waals surface area contributed by atoms with Crippen LogP contribution in [0.15, 0.2) is 62.5 Å². The number of nitrogens with one attached hydrogen (secondary N) is 2. The molecule has 11 heteroatoms. The monoisotopic (exact) mass is 636 g/mol. The summed E-state index contributed by atoms with van der Waals surface area (Å²) >= 11 is 0. The van der Waals surface area contributed by atoms with Gasteiger partial charge in [-0.3, -0.25) is 9.59 Å². The normalized spacial score (nSPS) is 19.7. The van der Waals surface area contributed by atoms with Gasteiger partial charge in [0, 0.05) is 39.8 Å². The number of aliphatic hydroxyl groups excluding tert-OH is 1. The number of para-hydroxylation sites is 1. The number of aliphatic hydroxyl groups is 1. The van der Waals surface area contributed by atoms with E-state index in [1.165, 1.54) is 18.2 Å². The number of fused-ring (bicyclic) bond motifs is 7. The van der Waals surface area contributed by atoms with Gasteiger partial charge in [0.2, 0.25) is 10.9 Å². The quantitative estimate of drug-likeness (QED) is 0.1000. The number of H-pyrrole nitrogens is 1. The molecule has 4 heterocycles. The molecule has 0 radical (unpaired) electrons. The molecule has 8 rings (SSSR count). The van der Waals surface area contributed by atoms with E-state index in [-0.39, 0.29) is 61.5 Å². The lowest BCUT2D eigenvalue weighted by molar-refractivity contribution is -0.0528. The van der Waals surface area contributed by atoms with Crippen molar-refractivity contribution in [2.24, 2.45) is 0 Å². The highest BCUT2D eigenvalue weighted by molar-refractivity contribution is 6.03. The van der Waals surface area contributed by atoms with Crippen molar-refractivity contribution in [3.05, 3.63) is 80.1 Å². The van der Waals surface area contributed by atoms with E-state index in [0.717, 1.165) is 0 Å². The Bertz CT molecular complexity index is 2460. The fraction of sp³-hybridized carbons (Fsp3) is 0.278. The molecule has 6 aromatic rings. The predicted octanol–water partition coefficient (Wildman–Crippen LogP) is 5.85. The first-order chi connectivity index (χ1) is 22.3. The van der Waals surface area contributed by atoms with Crippen LogP contribution in [-0.4, -0.2) is 42.7 Å². The Balaban J connectivity index is 1.38. The van der Waals surface area contributed by atoms with E-state index in [1.54, 1.807) is 44.2 Å². The number of hydrogen-bond acceptors (Lipinski definition) is 10. The highest BCUT2D eigenvalue weighted by Crippen LogP contribution is 2.48. The van der Waals surface area contributed by atoms with Gasteiger partial charge in [-0.25, -0.2) is 0 Å². The minimum atomic E-state index is -1.24. The van der Waals surface area contributed by atoms with Crippen LogP contribution in [0.2, 0.25) is 0 Å². The Morgan fingerprint density at radius 2 is 1.64 bits per heavy atom. The number of pyridine rings is 1. The Hall–Kier alpha value is -5.42. The summed E-state index contributed by atoms with van der Waals surface area (Å²) in [6, 6.07) is 11.7. The molecule has 2 aliphatic rings. The van der Waals surface area contributed by atoms with Gasteiger partial charge >= 0.3 is 0 Å². The van der Waals surface area contributed by atoms with Crippen molar-refractivity contribution in [3.63, 3.8) is 0 Å². The van der Waals surface area contributed by atoms with Gasteiger partial charge in [0.15, 0.2) is 11.3 Å². The lowest BCUT2D eigenvalue weighted by Gasteiger charge is -2.43. The fourth-order valence-corrected chi connectivity index (χ4v) is 7.02. The molecule has 0 unspecified atom stereocenters. The van der Waals surface area contributed by atoms with E-state index in [1.807, 2.05) is 13.8 Å². The number of rotatable bonds is 2. The van der Waals surface area contributed by atoms with Crippen molar-refractivity contribution in [2.45, 2.75) is 63.9 Å². The Labute approximate surface area is 266 Å². The number of hydrogen-bond donors (Lipinski definition) is 6. The van der Waals surface area contributed by atoms with Gasteiger partial charge < -0.3 is 44.6 Å². The van der Waals surface area contributed by atoms with Gasteiger partial charge in [0.25, 0.3) is 0 Å². The topological polar surface area (TPSA) is 174 Å². The smallest absolute Gasteiger partial charge is 0.206 e. The predicted molar refractivity (Wildman–Crippen MR) is 177 cm³/mol. The third-order valence-electron chi connectivity index (χ3n) is 9.49. The molecule has 2 atom stereocenters. The minimum absolute atomic E-state index is 0.0194. The van der Waals surface area contributed by atoms with Gasteiger partial charge in [0.05, 0.1) is 22.3 Å². The summed E-state index contributed by atoms with van der Waals surface area (Å²) in [5.74, 6) is -0.209. The van der Waals surface area contributed by atoms with Gasteiger partial charge in [-0.2, -0.15) is 0 Å². The van der Waals surface area contributed by atoms with Crippen LogP contribution in [-0.2, 0) is 6.42 Å². The number of phenols is 3. The number of anilines is 1. The largest absolute Gasteiger partial charge is 0.507 e. The van der Waals surface area contributed by atoms with Gasteiger partial charge in [-0.1, -0.05) is 12.1 Å². The SMILES string of the molecule is CC1(C)CCc2c(cc3oc4c(O)ccc(N[C@@H]5c6c(cc(O)c7c(=O)c8ccccc8[nH]c67)OC(C)(C)[C@@H]5O)c4c(=O)c3c2O)O1. The Kier molecular flexibility index (Phi) is 5.90. The summed E-state index contributed by atoms with van der Waals surface area (Å²) in [6.45, 7) is 7.23. The first-order valence-electron chi connectivity index (χ1n) is 15.4. The van der Waals surface area contributed by atoms with Crippen LogP contribution in [0, 0.1) is 0 Å². The molecule has 4 aromatic carbocycles. The van der Waals surface area contributed by atoms with E-state index in [0.29, 0.717) is 40.6 Å². The molecule has 2 aliphatic heterocycles. The van der Waals surface area contributed by atoms with Crippen molar-refractivity contribution in [2.75, 3.05) is 5.32 Å². The second kappa shape index (κ2) is 9.55. The van der Waals surface area contributed by atoms with Crippen molar-refractivity contribution >= 4 is 49.4 Å². The van der Waals surface area contributed by atoms with Crippen LogP contribution in [0.4, 0.5) is 5.69 Å². The van der Waals surface area contributed by atoms with Crippen molar-refractivity contribution < 1.29 is 34.3 Å². The summed E-state index contributed by atoms with van der Waals surface area (Å²) in [6.07, 6.45) is -0.127. The molecular formula is C36H32N2O9. The van der Waals surface area contributed by atoms with Crippen LogP contribution >= 0.6 is 0 Å². The van der Waals surface area contributed by atoms with E-state index in [9.17, 15) is 30.0 Å². The number of ether oxygens (including phenoxy) is 2. The molecule has 0 bridgehead atoms. The standard InChI is InChI=1S/C36H32N2O9/c1-35(2)12-11-16-21(46-35)14-22-27(31(16)42)32(43)24-18(9-10-19(39)33(24)45-22)38-29-26-23(47-36(3,4)34(29)44)13-20(40)25-28(26)37-17-8-6-5-7-15(17)30(25)41/h5-10,13-14,29,34,38-40,42,44H,11-12H2,1-4H3,(H,37,41)/t29-,34-/m1/s1. The minimum Gasteiger partial charge on any atom is -0.507 e. The molecule has 47 heavy (non-hydrogen) atoms. The number of benzene rings is 4. The summed E-state index contributed by atoms with van der Waals surface area (Å²) in [5, 5.41) is 48.6. The molecule has 0 amide bonds. The molecule has 0 aliphatic carbocycles. The maximum absolute atomic E-state index is 14.3. The zero-order valence-corrected chi connectivity index (χ0v) is 26.0. The molecule has 0 saturated carbocycles. The Morgan fingerprint density at radius 1 is 0.872 bits per heavy atom. The van der Waals surface area contributed by atoms with Crippen molar-refractivity contribution in [3.8, 4) is 28.7 Å². The summed E-state index contributed by atoms with van der Waals surface area (Å²) < 4.78 is 18.3. The van der Waals surface area contributed by atoms with Crippen molar-refractivity contribution in [1.82, 2.24) is 4.98 Å². The summed E-state index contributed by atoms with van der Waals surface area (Å²) in [7, 11) is 0. The molecule has 240 valence electrons. The van der Waals surface area contributed by atoms with Gasteiger partial charge in [0.1, 0.15) is 51.3 Å². The molecule has 0 saturated heterocycles. The maximum atomic E-state index is 14.3. The first-order valence-corrected chi connectivity index (χ1v) is 15.4. The lowest BCUT2D eigenvalue weighted by atomic mass is 9.84. The van der Waals surface area contributed by atoms with E-state index >= 15 is 0 Å². The van der Waals surface area contributed by atoms with E-state index in [2.05, 4.69) is 10.3 Å². The number of aromatic hydroxyl groups is 3. The molecule has 2 aromatic heterocycles. The molecule has 0 spiro atoms. The second-order valence-corrected chi connectivity index (χ2v) is 13.5. The average molecular weight is 637 g/mol. The summed E-state index contributed by atoms with van der Waals surface area (Å²) in [4.78, 5) is 31.1. The highest BCUT2D eigenvalue weighted by atomic mass is 16.5. The van der Waals surface area contributed by atoms with E-state index in [4.69, 9.17) is 13.9 Å². The third-order valence-corrected chi connectivity index (χ3v) is 9.49. The molecular weight excluding hydrogens is 604 g/mol. The zero-order valence-electron chi connectivity index (χ0n) is 26.0. The highest BCUT2D eigenvalue weighted by Gasteiger charge is 2.45. The van der Waals surface area contributed by atoms with Crippen LogP contribution in [0.3, 0.4) is 0 Å². The maximum Gasteiger partial charge on any atom is 0.206 e. The van der Waals surface area contributed by atoms with Crippen LogP contribution in [0.1, 0.15) is 51.3 Å². The first kappa shape index (κ1) is 29.0. The van der Waals surface area contributed by atoms with Crippen LogP contribution in [0.25, 0.3) is 43.7 Å². The molecule has 6 N–H and O–H groups in total.